The number of benzene rings is 3. The summed E-state index contributed by atoms with van der Waals surface area (Å²) in [5, 5.41) is 10.6. The van der Waals surface area contributed by atoms with Crippen LogP contribution in [0.2, 0.25) is 5.02 Å². The molecule has 42 heavy (non-hydrogen) atoms. The molecule has 2 aliphatic heterocycles. The highest BCUT2D eigenvalue weighted by Crippen LogP contribution is 2.38. The van der Waals surface area contributed by atoms with Crippen LogP contribution in [0.5, 0.6) is 5.75 Å². The number of anilines is 1. The first kappa shape index (κ1) is 29.6. The molecular weight excluding hydrogens is 648 g/mol. The lowest BCUT2D eigenvalue weighted by atomic mass is 10.2. The molecule has 0 bridgehead atoms. The molecule has 5 rings (SSSR count). The molecule has 2 aliphatic rings. The molecule has 0 atom stereocenters. The number of carbonyl (C=O) groups is 3. The highest BCUT2D eigenvalue weighted by atomic mass is 79.9. The van der Waals surface area contributed by atoms with Crippen molar-refractivity contribution in [2.75, 3.05) is 37.6 Å². The van der Waals surface area contributed by atoms with Crippen LogP contribution in [0.25, 0.3) is 6.08 Å². The minimum atomic E-state index is -0.535. The van der Waals surface area contributed by atoms with Crippen molar-refractivity contribution in [1.29, 1.82) is 0 Å². The molecule has 0 spiro atoms. The van der Waals surface area contributed by atoms with Gasteiger partial charge in [0, 0.05) is 44.0 Å². The van der Waals surface area contributed by atoms with E-state index in [1.165, 1.54) is 12.1 Å². The molecule has 0 unspecified atom stereocenters. The molecule has 13 heteroatoms. The maximum Gasteiger partial charge on any atom is 0.294 e. The fourth-order valence-electron chi connectivity index (χ4n) is 4.55. The third kappa shape index (κ3) is 6.77. The fraction of sp³-hybridized carbons (Fsp3) is 0.207. The maximum atomic E-state index is 13.1. The van der Waals surface area contributed by atoms with Crippen LogP contribution in [-0.4, -0.2) is 64.5 Å². The zero-order chi connectivity index (χ0) is 29.8. The Hall–Kier alpha value is -3.87. The van der Waals surface area contributed by atoms with Crippen LogP contribution in [-0.2, 0) is 16.2 Å². The summed E-state index contributed by atoms with van der Waals surface area (Å²) in [7, 11) is 0. The first-order chi connectivity index (χ1) is 20.2. The predicted octanol–water partition coefficient (Wildman–Crippen LogP) is 5.97. The van der Waals surface area contributed by atoms with Crippen molar-refractivity contribution in [3.05, 3.63) is 102 Å². The summed E-state index contributed by atoms with van der Waals surface area (Å²) in [4.78, 5) is 54.1. The van der Waals surface area contributed by atoms with Gasteiger partial charge < -0.3 is 14.5 Å². The molecule has 216 valence electrons. The second kappa shape index (κ2) is 13.0. The topological polar surface area (TPSA) is 113 Å². The largest absolute Gasteiger partial charge is 0.486 e. The van der Waals surface area contributed by atoms with Gasteiger partial charge in [-0.1, -0.05) is 29.8 Å². The number of piperazine rings is 1. The average Bonchev–Trinajstić information content (AvgIpc) is 3.24. The summed E-state index contributed by atoms with van der Waals surface area (Å²) in [6, 6.07) is 19.2. The van der Waals surface area contributed by atoms with Crippen LogP contribution < -0.4 is 9.64 Å². The smallest absolute Gasteiger partial charge is 0.294 e. The van der Waals surface area contributed by atoms with E-state index in [0.717, 1.165) is 22.3 Å². The van der Waals surface area contributed by atoms with Crippen molar-refractivity contribution in [2.45, 2.75) is 6.61 Å². The maximum absolute atomic E-state index is 13.1. The molecule has 2 heterocycles. The van der Waals surface area contributed by atoms with E-state index < -0.39 is 16.1 Å². The van der Waals surface area contributed by atoms with Gasteiger partial charge in [-0.25, -0.2) is 0 Å². The predicted molar refractivity (Wildman–Crippen MR) is 164 cm³/mol. The van der Waals surface area contributed by atoms with E-state index in [1.807, 2.05) is 30.3 Å². The summed E-state index contributed by atoms with van der Waals surface area (Å²) in [6.45, 7) is 2.16. The number of thioether (sulfide) groups is 1. The van der Waals surface area contributed by atoms with Crippen LogP contribution in [0.4, 0.5) is 16.2 Å². The van der Waals surface area contributed by atoms with Gasteiger partial charge in [0.25, 0.3) is 16.8 Å². The molecule has 10 nitrogen and oxygen atoms in total. The van der Waals surface area contributed by atoms with Gasteiger partial charge in [0.1, 0.15) is 13.2 Å². The van der Waals surface area contributed by atoms with Crippen LogP contribution in [0.15, 0.2) is 76.1 Å². The zero-order valence-electron chi connectivity index (χ0n) is 22.1. The normalized spacial score (nSPS) is 16.3. The summed E-state index contributed by atoms with van der Waals surface area (Å²) in [5.74, 6) is -0.447. The standard InChI is InChI=1S/C29H24BrClN4O6S/c30-23-14-20(15-24(31)27(23)41-18-19-6-8-22(9-7-19)35(39)40)16-25-28(37)34(29(38)42-25)17-26(36)33-12-10-32(11-13-33)21-4-2-1-3-5-21/h1-9,14-16H,10-13,17-18H2/b25-16+. The molecule has 3 amide bonds. The molecule has 2 saturated heterocycles. The van der Waals surface area contributed by atoms with Gasteiger partial charge in [-0.05, 0) is 81.3 Å². The van der Waals surface area contributed by atoms with Gasteiger partial charge in [-0.2, -0.15) is 0 Å². The van der Waals surface area contributed by atoms with Crippen LogP contribution in [0.1, 0.15) is 11.1 Å². The van der Waals surface area contributed by atoms with Gasteiger partial charge in [-0.15, -0.1) is 0 Å². The number of amides is 3. The van der Waals surface area contributed by atoms with Gasteiger partial charge >= 0.3 is 0 Å². The molecular formula is C29H24BrClN4O6S. The molecule has 0 saturated carbocycles. The van der Waals surface area contributed by atoms with Gasteiger partial charge in [0.15, 0.2) is 5.75 Å². The lowest BCUT2D eigenvalue weighted by Gasteiger charge is -2.36. The first-order valence-corrected chi connectivity index (χ1v) is 14.9. The van der Waals surface area contributed by atoms with E-state index in [-0.39, 0.29) is 34.7 Å². The number of halogens is 2. The summed E-state index contributed by atoms with van der Waals surface area (Å²) in [6.07, 6.45) is 1.55. The highest BCUT2D eigenvalue weighted by Gasteiger charge is 2.37. The van der Waals surface area contributed by atoms with Crippen molar-refractivity contribution in [1.82, 2.24) is 9.80 Å². The van der Waals surface area contributed by atoms with Crippen molar-refractivity contribution in [2.24, 2.45) is 0 Å². The van der Waals surface area contributed by atoms with E-state index in [2.05, 4.69) is 20.8 Å². The lowest BCUT2D eigenvalue weighted by molar-refractivity contribution is -0.384. The number of para-hydroxylation sites is 1. The summed E-state index contributed by atoms with van der Waals surface area (Å²) >= 11 is 10.7. The monoisotopic (exact) mass is 670 g/mol. The Bertz CT molecular complexity index is 1540. The summed E-state index contributed by atoms with van der Waals surface area (Å²) < 4.78 is 6.34. The number of nitro groups is 1. The third-order valence-corrected chi connectivity index (χ3v) is 8.55. The Balaban J connectivity index is 1.19. The third-order valence-electron chi connectivity index (χ3n) is 6.77. The number of ether oxygens (including phenoxy) is 1. The van der Waals surface area contributed by atoms with Crippen LogP contribution >= 0.6 is 39.3 Å². The van der Waals surface area contributed by atoms with E-state index in [1.54, 1.807) is 35.2 Å². The number of nitro benzene ring substituents is 1. The number of hydrogen-bond acceptors (Lipinski definition) is 8. The fourth-order valence-corrected chi connectivity index (χ4v) is 6.37. The van der Waals surface area contributed by atoms with Crippen LogP contribution in [0.3, 0.4) is 0 Å². The van der Waals surface area contributed by atoms with Crippen molar-refractivity contribution in [3.8, 4) is 5.75 Å². The second-order valence-electron chi connectivity index (χ2n) is 9.50. The van der Waals surface area contributed by atoms with Crippen molar-refractivity contribution >= 4 is 73.8 Å². The zero-order valence-corrected chi connectivity index (χ0v) is 25.2. The highest BCUT2D eigenvalue weighted by molar-refractivity contribution is 9.10. The Morgan fingerprint density at radius 1 is 1.05 bits per heavy atom. The molecule has 0 radical (unpaired) electrons. The number of imide groups is 1. The van der Waals surface area contributed by atoms with E-state index >= 15 is 0 Å². The Labute approximate surface area is 259 Å². The molecule has 3 aromatic rings. The number of rotatable bonds is 8. The Morgan fingerprint density at radius 2 is 1.74 bits per heavy atom. The first-order valence-electron chi connectivity index (χ1n) is 12.9. The Morgan fingerprint density at radius 3 is 2.38 bits per heavy atom. The minimum absolute atomic E-state index is 0.0160. The van der Waals surface area contributed by atoms with Crippen molar-refractivity contribution < 1.29 is 24.0 Å². The molecule has 0 N–H and O–H groups in total. The number of nitrogens with zero attached hydrogens (tertiary/aromatic N) is 4. The molecule has 3 aromatic carbocycles. The lowest BCUT2D eigenvalue weighted by Crippen LogP contribution is -2.51. The minimum Gasteiger partial charge on any atom is -0.486 e. The quantitative estimate of drug-likeness (QED) is 0.164. The number of carbonyl (C=O) groups excluding carboxylic acids is 3. The van der Waals surface area contributed by atoms with E-state index in [4.69, 9.17) is 16.3 Å². The Kier molecular flexibility index (Phi) is 9.15. The molecule has 2 fully saturated rings. The SMILES string of the molecule is O=C(CN1C(=O)S/C(=C/c2cc(Cl)c(OCc3ccc([N+](=O)[O-])cc3)c(Br)c2)C1=O)N1CCN(c2ccccc2)CC1. The van der Waals surface area contributed by atoms with E-state index in [0.29, 0.717) is 47.5 Å². The van der Waals surface area contributed by atoms with Gasteiger partial charge in [-0.3, -0.25) is 29.4 Å². The number of hydrogen-bond donors (Lipinski definition) is 0. The average molecular weight is 672 g/mol. The molecule has 0 aromatic heterocycles. The van der Waals surface area contributed by atoms with Gasteiger partial charge in [0.2, 0.25) is 5.91 Å². The number of non-ortho nitro benzene ring substituents is 1. The van der Waals surface area contributed by atoms with Crippen molar-refractivity contribution in [3.63, 3.8) is 0 Å². The second-order valence-corrected chi connectivity index (χ2v) is 11.8. The van der Waals surface area contributed by atoms with Gasteiger partial charge in [0.05, 0.1) is 19.3 Å². The summed E-state index contributed by atoms with van der Waals surface area (Å²) in [5.41, 5.74) is 2.35. The van der Waals surface area contributed by atoms with E-state index in [9.17, 15) is 24.5 Å². The molecule has 0 aliphatic carbocycles. The van der Waals surface area contributed by atoms with Crippen LogP contribution in [0, 0.1) is 10.1 Å².